The smallest absolute Gasteiger partial charge is 0.0880 e. The van der Waals surface area contributed by atoms with Crippen LogP contribution in [0.25, 0.3) is 0 Å². The largest absolute Gasteiger partial charge is 0.390 e. The average molecular weight is 256 g/mol. The molecule has 0 bridgehead atoms. The summed E-state index contributed by atoms with van der Waals surface area (Å²) in [6.07, 6.45) is 3.22. The van der Waals surface area contributed by atoms with Gasteiger partial charge in [-0.1, -0.05) is 0 Å². The summed E-state index contributed by atoms with van der Waals surface area (Å²) < 4.78 is 5.32. The molecule has 2 fully saturated rings. The van der Waals surface area contributed by atoms with Gasteiger partial charge < -0.3 is 14.7 Å². The van der Waals surface area contributed by atoms with Gasteiger partial charge in [0.15, 0.2) is 0 Å². The quantitative estimate of drug-likeness (QED) is 0.767. The number of rotatable bonds is 6. The number of piperazine rings is 1. The van der Waals surface area contributed by atoms with E-state index in [0.717, 1.165) is 32.1 Å². The Morgan fingerprint density at radius 3 is 2.33 bits per heavy atom. The van der Waals surface area contributed by atoms with Crippen LogP contribution >= 0.6 is 0 Å². The second kappa shape index (κ2) is 5.87. The SMILES string of the molecule is COC(C)(C)C(O)CCN1CCN(C2CC2)CC1. The third kappa shape index (κ3) is 3.67. The van der Waals surface area contributed by atoms with E-state index in [2.05, 4.69) is 9.80 Å². The molecule has 1 saturated carbocycles. The minimum atomic E-state index is -0.435. The summed E-state index contributed by atoms with van der Waals surface area (Å²) in [6, 6.07) is 0.894. The summed E-state index contributed by atoms with van der Waals surface area (Å²) in [4.78, 5) is 5.08. The van der Waals surface area contributed by atoms with Crippen LogP contribution < -0.4 is 0 Å². The number of hydrogen-bond donors (Lipinski definition) is 1. The van der Waals surface area contributed by atoms with Crippen molar-refractivity contribution in [2.24, 2.45) is 0 Å². The van der Waals surface area contributed by atoms with Crippen molar-refractivity contribution < 1.29 is 9.84 Å². The van der Waals surface area contributed by atoms with Gasteiger partial charge in [-0.3, -0.25) is 4.90 Å². The molecule has 0 radical (unpaired) electrons. The lowest BCUT2D eigenvalue weighted by atomic mass is 9.98. The number of ether oxygens (including phenoxy) is 1. The Balaban J connectivity index is 1.65. The summed E-state index contributed by atoms with van der Waals surface area (Å²) in [5.74, 6) is 0. The lowest BCUT2D eigenvalue weighted by Gasteiger charge is -2.36. The van der Waals surface area contributed by atoms with Crippen LogP contribution in [0.5, 0.6) is 0 Å². The molecule has 1 unspecified atom stereocenters. The molecule has 4 nitrogen and oxygen atoms in total. The summed E-state index contributed by atoms with van der Waals surface area (Å²) in [5.41, 5.74) is -0.435. The molecule has 0 amide bonds. The van der Waals surface area contributed by atoms with Gasteiger partial charge in [0.25, 0.3) is 0 Å². The van der Waals surface area contributed by atoms with Crippen LogP contribution in [0.15, 0.2) is 0 Å². The molecule has 1 N–H and O–H groups in total. The van der Waals surface area contributed by atoms with E-state index in [1.54, 1.807) is 7.11 Å². The average Bonchev–Trinajstić information content (AvgIpc) is 3.20. The number of nitrogens with zero attached hydrogens (tertiary/aromatic N) is 2. The summed E-state index contributed by atoms with van der Waals surface area (Å²) >= 11 is 0. The predicted octanol–water partition coefficient (Wildman–Crippen LogP) is 0.942. The molecular weight excluding hydrogens is 228 g/mol. The minimum absolute atomic E-state index is 0.385. The van der Waals surface area contributed by atoms with E-state index in [1.807, 2.05) is 13.8 Å². The van der Waals surface area contributed by atoms with Gasteiger partial charge in [0, 0.05) is 45.9 Å². The van der Waals surface area contributed by atoms with Crippen LogP contribution in [0.3, 0.4) is 0 Å². The predicted molar refractivity (Wildman–Crippen MR) is 72.7 cm³/mol. The zero-order valence-corrected chi connectivity index (χ0v) is 12.1. The first-order valence-corrected chi connectivity index (χ1v) is 7.22. The van der Waals surface area contributed by atoms with Crippen molar-refractivity contribution in [1.29, 1.82) is 0 Å². The Morgan fingerprint density at radius 1 is 1.22 bits per heavy atom. The Labute approximate surface area is 111 Å². The normalized spacial score (nSPS) is 25.3. The monoisotopic (exact) mass is 256 g/mol. The lowest BCUT2D eigenvalue weighted by molar-refractivity contribution is -0.0830. The number of methoxy groups -OCH3 is 1. The number of aliphatic hydroxyl groups is 1. The Hall–Kier alpha value is -0.160. The molecular formula is C14H28N2O2. The van der Waals surface area contributed by atoms with Gasteiger partial charge in [-0.05, 0) is 33.1 Å². The van der Waals surface area contributed by atoms with Crippen molar-refractivity contribution in [2.45, 2.75) is 50.9 Å². The fourth-order valence-electron chi connectivity index (χ4n) is 2.58. The Bertz CT molecular complexity index is 259. The molecule has 2 aliphatic rings. The standard InChI is InChI=1S/C14H28N2O2/c1-14(2,18-3)13(17)6-7-15-8-10-16(11-9-15)12-4-5-12/h12-13,17H,4-11H2,1-3H3. The molecule has 1 aliphatic carbocycles. The van der Waals surface area contributed by atoms with Gasteiger partial charge in [-0.25, -0.2) is 0 Å². The molecule has 0 spiro atoms. The van der Waals surface area contributed by atoms with E-state index in [-0.39, 0.29) is 6.10 Å². The molecule has 18 heavy (non-hydrogen) atoms. The first-order chi connectivity index (χ1) is 8.53. The second-order valence-electron chi connectivity index (χ2n) is 6.22. The highest BCUT2D eigenvalue weighted by Crippen LogP contribution is 2.27. The van der Waals surface area contributed by atoms with E-state index < -0.39 is 5.60 Å². The highest BCUT2D eigenvalue weighted by molar-refractivity contribution is 4.88. The maximum atomic E-state index is 10.1. The molecule has 4 heteroatoms. The van der Waals surface area contributed by atoms with Crippen molar-refractivity contribution in [3.8, 4) is 0 Å². The third-order valence-electron chi connectivity index (χ3n) is 4.52. The van der Waals surface area contributed by atoms with E-state index in [9.17, 15) is 5.11 Å². The summed E-state index contributed by atoms with van der Waals surface area (Å²) in [7, 11) is 1.66. The van der Waals surface area contributed by atoms with Gasteiger partial charge in [0.2, 0.25) is 0 Å². The molecule has 0 aromatic rings. The van der Waals surface area contributed by atoms with Crippen molar-refractivity contribution in [2.75, 3.05) is 39.8 Å². The fourth-order valence-corrected chi connectivity index (χ4v) is 2.58. The number of hydrogen-bond acceptors (Lipinski definition) is 4. The first kappa shape index (κ1) is 14.3. The zero-order chi connectivity index (χ0) is 13.2. The fraction of sp³-hybridized carbons (Fsp3) is 1.00. The topological polar surface area (TPSA) is 35.9 Å². The van der Waals surface area contributed by atoms with Crippen LogP contribution in [0, 0.1) is 0 Å². The van der Waals surface area contributed by atoms with Crippen molar-refractivity contribution >= 4 is 0 Å². The van der Waals surface area contributed by atoms with Crippen LogP contribution in [0.4, 0.5) is 0 Å². The maximum Gasteiger partial charge on any atom is 0.0880 e. The summed E-state index contributed by atoms with van der Waals surface area (Å²) in [5, 5.41) is 10.1. The number of aliphatic hydroxyl groups excluding tert-OH is 1. The molecule has 0 aromatic heterocycles. The van der Waals surface area contributed by atoms with Crippen molar-refractivity contribution in [3.05, 3.63) is 0 Å². The highest BCUT2D eigenvalue weighted by atomic mass is 16.5. The molecule has 1 aliphatic heterocycles. The van der Waals surface area contributed by atoms with Crippen molar-refractivity contribution in [1.82, 2.24) is 9.80 Å². The van der Waals surface area contributed by atoms with Gasteiger partial charge in [0.1, 0.15) is 0 Å². The van der Waals surface area contributed by atoms with Crippen molar-refractivity contribution in [3.63, 3.8) is 0 Å². The highest BCUT2D eigenvalue weighted by Gasteiger charge is 2.32. The summed E-state index contributed by atoms with van der Waals surface area (Å²) in [6.45, 7) is 9.58. The maximum absolute atomic E-state index is 10.1. The lowest BCUT2D eigenvalue weighted by Crippen LogP contribution is -2.48. The van der Waals surface area contributed by atoms with Gasteiger partial charge >= 0.3 is 0 Å². The van der Waals surface area contributed by atoms with Gasteiger partial charge in [-0.15, -0.1) is 0 Å². The third-order valence-corrected chi connectivity index (χ3v) is 4.52. The van der Waals surface area contributed by atoms with E-state index in [4.69, 9.17) is 4.74 Å². The first-order valence-electron chi connectivity index (χ1n) is 7.22. The van der Waals surface area contributed by atoms with Crippen LogP contribution in [0.1, 0.15) is 33.1 Å². The molecule has 1 atom stereocenters. The molecule has 0 aromatic carbocycles. The zero-order valence-electron chi connectivity index (χ0n) is 12.1. The molecule has 1 saturated heterocycles. The van der Waals surface area contributed by atoms with Crippen LogP contribution in [0.2, 0.25) is 0 Å². The Kier molecular flexibility index (Phi) is 4.64. The Morgan fingerprint density at radius 2 is 1.83 bits per heavy atom. The van der Waals surface area contributed by atoms with Crippen LogP contribution in [-0.2, 0) is 4.74 Å². The minimum Gasteiger partial charge on any atom is -0.390 e. The van der Waals surface area contributed by atoms with Gasteiger partial charge in [0.05, 0.1) is 11.7 Å². The molecule has 1 heterocycles. The van der Waals surface area contributed by atoms with Gasteiger partial charge in [-0.2, -0.15) is 0 Å². The molecule has 2 rings (SSSR count). The van der Waals surface area contributed by atoms with E-state index in [1.165, 1.54) is 25.9 Å². The molecule has 106 valence electrons. The van der Waals surface area contributed by atoms with E-state index in [0.29, 0.717) is 0 Å². The van der Waals surface area contributed by atoms with Crippen LogP contribution in [-0.4, -0.2) is 72.5 Å². The second-order valence-corrected chi connectivity index (χ2v) is 6.22. The van der Waals surface area contributed by atoms with E-state index >= 15 is 0 Å².